The Morgan fingerprint density at radius 3 is 2.50 bits per heavy atom. The molecule has 0 saturated carbocycles. The third kappa shape index (κ3) is 1.66. The van der Waals surface area contributed by atoms with Gasteiger partial charge < -0.3 is 5.11 Å². The van der Waals surface area contributed by atoms with E-state index in [0.29, 0.717) is 0 Å². The second-order valence-electron chi connectivity index (χ2n) is 2.20. The van der Waals surface area contributed by atoms with Crippen molar-refractivity contribution in [2.45, 2.75) is 6.10 Å². The molecule has 0 bridgehead atoms. The zero-order chi connectivity index (χ0) is 7.78. The number of hydroxylamine groups is 1. The highest BCUT2D eigenvalue weighted by Gasteiger charge is 2.28. The Kier molecular flexibility index (Phi) is 1.95. The van der Waals surface area contributed by atoms with Crippen LogP contribution >= 0.6 is 0 Å². The summed E-state index contributed by atoms with van der Waals surface area (Å²) in [7, 11) is -3.28. The smallest absolute Gasteiger partial charge is 0.233 e. The summed E-state index contributed by atoms with van der Waals surface area (Å²) in [5.74, 6) is 0. The van der Waals surface area contributed by atoms with E-state index >= 15 is 0 Å². The highest BCUT2D eigenvalue weighted by molar-refractivity contribution is 7.88. The van der Waals surface area contributed by atoms with Crippen LogP contribution in [-0.4, -0.2) is 43.5 Å². The molecule has 1 saturated heterocycles. The van der Waals surface area contributed by atoms with Crippen molar-refractivity contribution in [1.29, 1.82) is 0 Å². The Labute approximate surface area is 59.2 Å². The normalized spacial score (nSPS) is 29.2. The number of nitrogens with zero attached hydrogens (tertiary/aromatic N) is 1. The SMILES string of the molecule is CS(=O)(=O)N1C[C@@H](O)CO1. The van der Waals surface area contributed by atoms with Crippen LogP contribution in [0.25, 0.3) is 0 Å². The largest absolute Gasteiger partial charge is 0.389 e. The molecular weight excluding hydrogens is 158 g/mol. The van der Waals surface area contributed by atoms with Crippen LogP contribution in [0.15, 0.2) is 0 Å². The predicted molar refractivity (Wildman–Crippen MR) is 33.5 cm³/mol. The maximum atomic E-state index is 10.7. The van der Waals surface area contributed by atoms with Gasteiger partial charge in [-0.3, -0.25) is 4.84 Å². The lowest BCUT2D eigenvalue weighted by Gasteiger charge is -2.08. The number of aliphatic hydroxyl groups excluding tert-OH is 1. The Hall–Kier alpha value is -0.170. The average molecular weight is 167 g/mol. The Balaban J connectivity index is 2.62. The first-order valence-corrected chi connectivity index (χ1v) is 4.63. The van der Waals surface area contributed by atoms with Crippen LogP contribution in [-0.2, 0) is 14.9 Å². The molecule has 1 N–H and O–H groups in total. The molecule has 0 aromatic rings. The first kappa shape index (κ1) is 7.93. The number of β-amino-alcohol motifs (C(OH)–C–C–N with tert-alkyl or cyclic N) is 1. The van der Waals surface area contributed by atoms with Crippen LogP contribution in [0, 0.1) is 0 Å². The summed E-state index contributed by atoms with van der Waals surface area (Å²) in [5.41, 5.74) is 0. The minimum absolute atomic E-state index is 0.0405. The second kappa shape index (κ2) is 2.46. The lowest BCUT2D eigenvalue weighted by molar-refractivity contribution is -0.0309. The van der Waals surface area contributed by atoms with E-state index in [4.69, 9.17) is 5.11 Å². The molecule has 1 rings (SSSR count). The summed E-state index contributed by atoms with van der Waals surface area (Å²) < 4.78 is 22.1. The first-order chi connectivity index (χ1) is 4.50. The molecule has 0 aromatic heterocycles. The molecule has 6 heteroatoms. The highest BCUT2D eigenvalue weighted by atomic mass is 32.2. The van der Waals surface area contributed by atoms with Crippen molar-refractivity contribution in [3.05, 3.63) is 0 Å². The van der Waals surface area contributed by atoms with E-state index in [1.807, 2.05) is 0 Å². The summed E-state index contributed by atoms with van der Waals surface area (Å²) in [6, 6.07) is 0. The third-order valence-electron chi connectivity index (χ3n) is 1.14. The fourth-order valence-electron chi connectivity index (χ4n) is 0.678. The van der Waals surface area contributed by atoms with Gasteiger partial charge in [0.25, 0.3) is 0 Å². The molecule has 0 aliphatic carbocycles. The third-order valence-corrected chi connectivity index (χ3v) is 2.13. The van der Waals surface area contributed by atoms with Crippen molar-refractivity contribution in [2.24, 2.45) is 0 Å². The maximum absolute atomic E-state index is 10.7. The zero-order valence-corrected chi connectivity index (χ0v) is 6.34. The van der Waals surface area contributed by atoms with Gasteiger partial charge in [0, 0.05) is 0 Å². The van der Waals surface area contributed by atoms with Crippen molar-refractivity contribution < 1.29 is 18.4 Å². The summed E-state index contributed by atoms with van der Waals surface area (Å²) in [4.78, 5) is 4.62. The fourth-order valence-corrected chi connectivity index (χ4v) is 1.37. The van der Waals surface area contributed by atoms with Crippen LogP contribution in [0.1, 0.15) is 0 Å². The molecule has 0 spiro atoms. The molecule has 1 aliphatic rings. The molecular formula is C4H9NO4S. The van der Waals surface area contributed by atoms with E-state index in [-0.39, 0.29) is 13.2 Å². The van der Waals surface area contributed by atoms with Gasteiger partial charge in [0.2, 0.25) is 10.0 Å². The van der Waals surface area contributed by atoms with Gasteiger partial charge in [-0.25, -0.2) is 8.42 Å². The highest BCUT2D eigenvalue weighted by Crippen LogP contribution is 2.08. The Morgan fingerprint density at radius 1 is 1.70 bits per heavy atom. The van der Waals surface area contributed by atoms with E-state index in [1.165, 1.54) is 0 Å². The van der Waals surface area contributed by atoms with Crippen LogP contribution in [0.2, 0.25) is 0 Å². The minimum atomic E-state index is -3.28. The number of rotatable bonds is 1. The van der Waals surface area contributed by atoms with Crippen molar-refractivity contribution in [3.8, 4) is 0 Å². The van der Waals surface area contributed by atoms with Gasteiger partial charge in [0.05, 0.1) is 25.5 Å². The van der Waals surface area contributed by atoms with Crippen molar-refractivity contribution in [2.75, 3.05) is 19.4 Å². The Morgan fingerprint density at radius 2 is 2.30 bits per heavy atom. The number of sulfonamides is 1. The van der Waals surface area contributed by atoms with Gasteiger partial charge in [-0.2, -0.15) is 0 Å². The zero-order valence-electron chi connectivity index (χ0n) is 5.52. The molecule has 0 amide bonds. The number of aliphatic hydroxyl groups is 1. The molecule has 1 fully saturated rings. The van der Waals surface area contributed by atoms with Crippen molar-refractivity contribution >= 4 is 10.0 Å². The molecule has 60 valence electrons. The lowest BCUT2D eigenvalue weighted by Crippen LogP contribution is -2.27. The first-order valence-electron chi connectivity index (χ1n) is 2.79. The van der Waals surface area contributed by atoms with Crippen molar-refractivity contribution in [1.82, 2.24) is 4.47 Å². The summed E-state index contributed by atoms with van der Waals surface area (Å²) in [5, 5.41) is 8.83. The van der Waals surface area contributed by atoms with Crippen LogP contribution in [0.5, 0.6) is 0 Å². The summed E-state index contributed by atoms with van der Waals surface area (Å²) in [6.07, 6.45) is 0.347. The van der Waals surface area contributed by atoms with Gasteiger partial charge in [0.1, 0.15) is 0 Å². The van der Waals surface area contributed by atoms with E-state index in [2.05, 4.69) is 4.84 Å². The maximum Gasteiger partial charge on any atom is 0.233 e. The van der Waals surface area contributed by atoms with Gasteiger partial charge in [-0.15, -0.1) is 0 Å². The lowest BCUT2D eigenvalue weighted by atomic mass is 10.4. The predicted octanol–water partition coefficient (Wildman–Crippen LogP) is -1.45. The molecule has 5 nitrogen and oxygen atoms in total. The van der Waals surface area contributed by atoms with Crippen molar-refractivity contribution in [3.63, 3.8) is 0 Å². The van der Waals surface area contributed by atoms with Crippen LogP contribution in [0.3, 0.4) is 0 Å². The molecule has 1 aliphatic heterocycles. The van der Waals surface area contributed by atoms with E-state index in [9.17, 15) is 8.42 Å². The molecule has 0 aromatic carbocycles. The second-order valence-corrected chi connectivity index (χ2v) is 4.07. The molecule has 0 radical (unpaired) electrons. The average Bonchev–Trinajstić information content (AvgIpc) is 2.11. The minimum Gasteiger partial charge on any atom is -0.389 e. The van der Waals surface area contributed by atoms with E-state index in [1.54, 1.807) is 0 Å². The number of hydrogen-bond acceptors (Lipinski definition) is 4. The van der Waals surface area contributed by atoms with E-state index < -0.39 is 16.1 Å². The summed E-state index contributed by atoms with van der Waals surface area (Å²) in [6.45, 7) is 0.103. The number of hydrogen-bond donors (Lipinski definition) is 1. The topological polar surface area (TPSA) is 66.8 Å². The fraction of sp³-hybridized carbons (Fsp3) is 1.00. The van der Waals surface area contributed by atoms with Gasteiger partial charge in [-0.1, -0.05) is 4.47 Å². The molecule has 1 heterocycles. The van der Waals surface area contributed by atoms with E-state index in [0.717, 1.165) is 10.7 Å². The Bertz CT molecular complexity index is 211. The van der Waals surface area contributed by atoms with Crippen LogP contribution < -0.4 is 0 Å². The van der Waals surface area contributed by atoms with Gasteiger partial charge in [0.15, 0.2) is 0 Å². The summed E-state index contributed by atoms with van der Waals surface area (Å²) >= 11 is 0. The molecule has 10 heavy (non-hydrogen) atoms. The van der Waals surface area contributed by atoms with Crippen LogP contribution in [0.4, 0.5) is 0 Å². The molecule has 0 unspecified atom stereocenters. The molecule has 1 atom stereocenters. The quantitative estimate of drug-likeness (QED) is 0.519. The van der Waals surface area contributed by atoms with Gasteiger partial charge >= 0.3 is 0 Å². The standard InChI is InChI=1S/C4H9NO4S/c1-10(7,8)5-2-4(6)3-9-5/h4,6H,2-3H2,1H3/t4-/m1/s1. The monoisotopic (exact) mass is 167 g/mol. The van der Waals surface area contributed by atoms with Gasteiger partial charge in [-0.05, 0) is 0 Å².